The number of hydrogen-bond donors (Lipinski definition) is 2. The van der Waals surface area contributed by atoms with E-state index in [1.54, 1.807) is 0 Å². The lowest BCUT2D eigenvalue weighted by molar-refractivity contribution is -0.124. The van der Waals surface area contributed by atoms with Crippen LogP contribution < -0.4 is 11.1 Å². The molecular formula is C19H31N3O. The standard InChI is InChI=1S/C19H31N3O/c1-14-8-15(2)12-22(11-14)13-18-6-4-17(5-7-18)10-21-19(23)16(3)9-20/h4-7,14-16H,8-13,20H2,1-3H3,(H,21,23). The summed E-state index contributed by atoms with van der Waals surface area (Å²) in [6, 6.07) is 8.58. The highest BCUT2D eigenvalue weighted by Gasteiger charge is 2.21. The molecule has 0 radical (unpaired) electrons. The summed E-state index contributed by atoms with van der Waals surface area (Å²) in [5, 5.41) is 2.93. The van der Waals surface area contributed by atoms with Crippen LogP contribution in [0.4, 0.5) is 0 Å². The summed E-state index contributed by atoms with van der Waals surface area (Å²) < 4.78 is 0. The van der Waals surface area contributed by atoms with Crippen molar-refractivity contribution in [1.29, 1.82) is 0 Å². The minimum atomic E-state index is -0.127. The highest BCUT2D eigenvalue weighted by molar-refractivity contribution is 5.78. The average Bonchev–Trinajstić information content (AvgIpc) is 2.52. The van der Waals surface area contributed by atoms with Crippen LogP contribution in [0.5, 0.6) is 0 Å². The molecule has 1 aliphatic rings. The summed E-state index contributed by atoms with van der Waals surface area (Å²) in [4.78, 5) is 14.3. The Kier molecular flexibility index (Phi) is 6.60. The first-order valence-electron chi connectivity index (χ1n) is 8.76. The number of nitrogens with one attached hydrogen (secondary N) is 1. The molecule has 3 unspecified atom stereocenters. The van der Waals surface area contributed by atoms with Crippen LogP contribution >= 0.6 is 0 Å². The number of likely N-dealkylation sites (tertiary alicyclic amines) is 1. The third kappa shape index (κ3) is 5.63. The zero-order valence-corrected chi connectivity index (χ0v) is 14.7. The van der Waals surface area contributed by atoms with Gasteiger partial charge in [-0.3, -0.25) is 9.69 Å². The van der Waals surface area contributed by atoms with Crippen LogP contribution in [0.1, 0.15) is 38.3 Å². The first-order chi connectivity index (χ1) is 11.0. The molecule has 0 saturated carbocycles. The van der Waals surface area contributed by atoms with Crippen molar-refractivity contribution in [2.45, 2.75) is 40.3 Å². The van der Waals surface area contributed by atoms with E-state index in [0.29, 0.717) is 13.1 Å². The molecule has 3 N–H and O–H groups in total. The van der Waals surface area contributed by atoms with Crippen LogP contribution in [0.15, 0.2) is 24.3 Å². The highest BCUT2D eigenvalue weighted by Crippen LogP contribution is 2.22. The largest absolute Gasteiger partial charge is 0.352 e. The van der Waals surface area contributed by atoms with Crippen LogP contribution in [0, 0.1) is 17.8 Å². The van der Waals surface area contributed by atoms with Gasteiger partial charge in [0, 0.05) is 38.6 Å². The third-order valence-electron chi connectivity index (χ3n) is 4.64. The molecule has 23 heavy (non-hydrogen) atoms. The first-order valence-corrected chi connectivity index (χ1v) is 8.76. The number of carbonyl (C=O) groups is 1. The Morgan fingerprint density at radius 2 is 1.78 bits per heavy atom. The molecular weight excluding hydrogens is 286 g/mol. The molecule has 3 atom stereocenters. The maximum Gasteiger partial charge on any atom is 0.224 e. The van der Waals surface area contributed by atoms with Crippen LogP contribution in [-0.2, 0) is 17.9 Å². The fraction of sp³-hybridized carbons (Fsp3) is 0.632. The molecule has 0 spiro atoms. The molecule has 0 bridgehead atoms. The molecule has 0 aromatic heterocycles. The minimum absolute atomic E-state index is 0.0212. The molecule has 128 valence electrons. The number of nitrogens with two attached hydrogens (primary N) is 1. The van der Waals surface area contributed by atoms with Crippen molar-refractivity contribution in [2.24, 2.45) is 23.5 Å². The topological polar surface area (TPSA) is 58.4 Å². The second-order valence-electron chi connectivity index (χ2n) is 7.31. The van der Waals surface area contributed by atoms with Gasteiger partial charge >= 0.3 is 0 Å². The molecule has 0 aliphatic carbocycles. The van der Waals surface area contributed by atoms with Crippen molar-refractivity contribution in [3.05, 3.63) is 35.4 Å². The number of carbonyl (C=O) groups excluding carboxylic acids is 1. The van der Waals surface area contributed by atoms with E-state index in [0.717, 1.165) is 23.9 Å². The van der Waals surface area contributed by atoms with E-state index in [2.05, 4.69) is 48.3 Å². The van der Waals surface area contributed by atoms with Crippen molar-refractivity contribution >= 4 is 5.91 Å². The van der Waals surface area contributed by atoms with E-state index in [1.165, 1.54) is 25.1 Å². The van der Waals surface area contributed by atoms with Crippen molar-refractivity contribution in [1.82, 2.24) is 10.2 Å². The smallest absolute Gasteiger partial charge is 0.224 e. The first kappa shape index (κ1) is 18.0. The number of amides is 1. The van der Waals surface area contributed by atoms with Crippen LogP contribution in [0.25, 0.3) is 0 Å². The predicted octanol–water partition coefficient (Wildman–Crippen LogP) is 2.38. The highest BCUT2D eigenvalue weighted by atomic mass is 16.1. The lowest BCUT2D eigenvalue weighted by atomic mass is 9.91. The fourth-order valence-electron chi connectivity index (χ4n) is 3.41. The van der Waals surface area contributed by atoms with Gasteiger partial charge in [-0.2, -0.15) is 0 Å². The molecule has 1 saturated heterocycles. The molecule has 2 rings (SSSR count). The summed E-state index contributed by atoms with van der Waals surface area (Å²) in [6.07, 6.45) is 1.34. The van der Waals surface area contributed by atoms with Gasteiger partial charge in [0.25, 0.3) is 0 Å². The van der Waals surface area contributed by atoms with Gasteiger partial charge < -0.3 is 11.1 Å². The lowest BCUT2D eigenvalue weighted by Crippen LogP contribution is -2.38. The quantitative estimate of drug-likeness (QED) is 0.847. The van der Waals surface area contributed by atoms with E-state index in [-0.39, 0.29) is 11.8 Å². The number of hydrogen-bond acceptors (Lipinski definition) is 3. The Balaban J connectivity index is 1.83. The Bertz CT molecular complexity index is 490. The lowest BCUT2D eigenvalue weighted by Gasteiger charge is -2.35. The van der Waals surface area contributed by atoms with Crippen LogP contribution in [0.2, 0.25) is 0 Å². The second kappa shape index (κ2) is 8.46. The van der Waals surface area contributed by atoms with E-state index in [1.807, 2.05) is 6.92 Å². The molecule has 4 heteroatoms. The van der Waals surface area contributed by atoms with E-state index >= 15 is 0 Å². The maximum atomic E-state index is 11.7. The molecule has 1 aliphatic heterocycles. The number of benzene rings is 1. The third-order valence-corrected chi connectivity index (χ3v) is 4.64. The van der Waals surface area contributed by atoms with Gasteiger partial charge in [-0.15, -0.1) is 0 Å². The zero-order chi connectivity index (χ0) is 16.8. The molecule has 1 aromatic rings. The normalized spacial score (nSPS) is 23.5. The molecule has 1 heterocycles. The summed E-state index contributed by atoms with van der Waals surface area (Å²) in [7, 11) is 0. The Labute approximate surface area is 140 Å². The Morgan fingerprint density at radius 1 is 1.22 bits per heavy atom. The van der Waals surface area contributed by atoms with Crippen molar-refractivity contribution in [2.75, 3.05) is 19.6 Å². The van der Waals surface area contributed by atoms with Crippen molar-refractivity contribution < 1.29 is 4.79 Å². The maximum absolute atomic E-state index is 11.7. The summed E-state index contributed by atoms with van der Waals surface area (Å²) in [6.45, 7) is 10.9. The fourth-order valence-corrected chi connectivity index (χ4v) is 3.41. The van der Waals surface area contributed by atoms with Crippen LogP contribution in [0.3, 0.4) is 0 Å². The van der Waals surface area contributed by atoms with Gasteiger partial charge in [-0.25, -0.2) is 0 Å². The zero-order valence-electron chi connectivity index (χ0n) is 14.7. The SMILES string of the molecule is CC1CC(C)CN(Cc2ccc(CNC(=O)C(C)CN)cc2)C1. The summed E-state index contributed by atoms with van der Waals surface area (Å²) in [5.74, 6) is 1.47. The van der Waals surface area contributed by atoms with Gasteiger partial charge in [0.2, 0.25) is 5.91 Å². The van der Waals surface area contributed by atoms with Crippen LogP contribution in [-0.4, -0.2) is 30.4 Å². The van der Waals surface area contributed by atoms with E-state index in [4.69, 9.17) is 5.73 Å². The summed E-state index contributed by atoms with van der Waals surface area (Å²) in [5.41, 5.74) is 7.98. The van der Waals surface area contributed by atoms with Gasteiger partial charge in [-0.1, -0.05) is 45.0 Å². The number of piperidine rings is 1. The number of nitrogens with zero attached hydrogens (tertiary/aromatic N) is 1. The molecule has 4 nitrogen and oxygen atoms in total. The molecule has 1 aromatic carbocycles. The monoisotopic (exact) mass is 317 g/mol. The van der Waals surface area contributed by atoms with E-state index in [9.17, 15) is 4.79 Å². The van der Waals surface area contributed by atoms with E-state index < -0.39 is 0 Å². The van der Waals surface area contributed by atoms with Crippen molar-refractivity contribution in [3.8, 4) is 0 Å². The molecule has 1 amide bonds. The van der Waals surface area contributed by atoms with Gasteiger partial charge in [-0.05, 0) is 29.4 Å². The predicted molar refractivity (Wildman–Crippen MR) is 94.7 cm³/mol. The van der Waals surface area contributed by atoms with Gasteiger partial charge in [0.05, 0.1) is 0 Å². The van der Waals surface area contributed by atoms with Crippen molar-refractivity contribution in [3.63, 3.8) is 0 Å². The minimum Gasteiger partial charge on any atom is -0.352 e. The summed E-state index contributed by atoms with van der Waals surface area (Å²) >= 11 is 0. The Morgan fingerprint density at radius 3 is 2.35 bits per heavy atom. The van der Waals surface area contributed by atoms with Gasteiger partial charge in [0.15, 0.2) is 0 Å². The average molecular weight is 317 g/mol. The number of rotatable bonds is 6. The molecule has 1 fully saturated rings. The van der Waals surface area contributed by atoms with Gasteiger partial charge in [0.1, 0.15) is 0 Å². The Hall–Kier alpha value is -1.39. The second-order valence-corrected chi connectivity index (χ2v) is 7.31.